The normalized spacial score (nSPS) is 13.9. The lowest BCUT2D eigenvalue weighted by Crippen LogP contribution is -2.35. The second-order valence-electron chi connectivity index (χ2n) is 4.90. The highest BCUT2D eigenvalue weighted by Crippen LogP contribution is 2.46. The van der Waals surface area contributed by atoms with Gasteiger partial charge in [0.05, 0.1) is 21.3 Å². The molecule has 1 N–H and O–H groups in total. The molecular weight excluding hydrogens is 343 g/mol. The molecule has 0 amide bonds. The van der Waals surface area contributed by atoms with Gasteiger partial charge in [-0.15, -0.1) is 0 Å². The Hall–Kier alpha value is -1.51. The molecule has 0 aromatic heterocycles. The van der Waals surface area contributed by atoms with E-state index in [1.165, 1.54) is 0 Å². The number of alkyl halides is 5. The van der Waals surface area contributed by atoms with Crippen LogP contribution in [0.1, 0.15) is 41.3 Å². The summed E-state index contributed by atoms with van der Waals surface area (Å²) in [5, 5.41) is 8.99. The van der Waals surface area contributed by atoms with E-state index in [0.29, 0.717) is 25.0 Å². The van der Waals surface area contributed by atoms with Crippen LogP contribution in [0.5, 0.6) is 0 Å². The Morgan fingerprint density at radius 3 is 2.22 bits per heavy atom. The minimum atomic E-state index is -5.87. The van der Waals surface area contributed by atoms with Crippen molar-refractivity contribution in [2.24, 2.45) is 0 Å². The maximum Gasteiger partial charge on any atom is 0.458 e. The molecule has 0 aliphatic carbocycles. The van der Waals surface area contributed by atoms with E-state index in [1.54, 1.807) is 6.92 Å². The summed E-state index contributed by atoms with van der Waals surface area (Å²) in [5.74, 6) is -6.83. The van der Waals surface area contributed by atoms with Crippen LogP contribution < -0.4 is 0 Å². The van der Waals surface area contributed by atoms with Gasteiger partial charge >= 0.3 is 18.1 Å². The van der Waals surface area contributed by atoms with Crippen molar-refractivity contribution in [1.82, 2.24) is 0 Å². The van der Waals surface area contributed by atoms with E-state index in [-0.39, 0.29) is 11.3 Å². The number of carbonyl (C=O) groups is 1. The topological polar surface area (TPSA) is 54.4 Å². The average Bonchev–Trinajstić information content (AvgIpc) is 2.42. The highest BCUT2D eigenvalue weighted by atomic mass is 32.2. The van der Waals surface area contributed by atoms with Crippen molar-refractivity contribution in [1.29, 1.82) is 0 Å². The van der Waals surface area contributed by atoms with Gasteiger partial charge in [0.1, 0.15) is 0 Å². The summed E-state index contributed by atoms with van der Waals surface area (Å²) in [7, 11) is -2.16. The molecule has 0 bridgehead atoms. The summed E-state index contributed by atoms with van der Waals surface area (Å²) in [6.07, 6.45) is -4.96. The van der Waals surface area contributed by atoms with Gasteiger partial charge in [0.25, 0.3) is 0 Å². The van der Waals surface area contributed by atoms with Gasteiger partial charge in [0.15, 0.2) is 0 Å². The Morgan fingerprint density at radius 2 is 1.78 bits per heavy atom. The fourth-order valence-corrected chi connectivity index (χ4v) is 3.64. The van der Waals surface area contributed by atoms with Crippen LogP contribution in [0.25, 0.3) is 0 Å². The van der Waals surface area contributed by atoms with E-state index < -0.39 is 44.9 Å². The number of rotatable bonds is 6. The third-order valence-corrected chi connectivity index (χ3v) is 4.88. The maximum absolute atomic E-state index is 13.7. The summed E-state index contributed by atoms with van der Waals surface area (Å²) in [5.41, 5.74) is -2.25. The molecule has 23 heavy (non-hydrogen) atoms. The van der Waals surface area contributed by atoms with Crippen LogP contribution >= 0.6 is 0 Å². The first-order chi connectivity index (χ1) is 10.4. The molecule has 130 valence electrons. The SMILES string of the molecule is CCCC[S@](=O)c1c(C(F)(F)C(F)(F)F)ccc(C(=O)O)c1C. The van der Waals surface area contributed by atoms with Crippen LogP contribution in [-0.2, 0) is 16.7 Å². The molecule has 0 saturated carbocycles. The number of hydrogen-bond acceptors (Lipinski definition) is 2. The van der Waals surface area contributed by atoms with Gasteiger partial charge in [-0.3, -0.25) is 4.21 Å². The first kappa shape index (κ1) is 19.5. The highest BCUT2D eigenvalue weighted by molar-refractivity contribution is 7.85. The van der Waals surface area contributed by atoms with E-state index in [9.17, 15) is 31.0 Å². The zero-order chi connectivity index (χ0) is 18.0. The first-order valence-corrected chi connectivity index (χ1v) is 7.97. The van der Waals surface area contributed by atoms with Crippen LogP contribution in [-0.4, -0.2) is 27.2 Å². The van der Waals surface area contributed by atoms with E-state index in [0.717, 1.165) is 6.92 Å². The van der Waals surface area contributed by atoms with Crippen molar-refractivity contribution in [3.05, 3.63) is 28.8 Å². The standard InChI is InChI=1S/C14H15F5O3S/c1-3-4-7-23(22)11-8(2)9(12(20)21)5-6-10(11)13(15,16)14(17,18)19/h5-6H,3-4,7H2,1-2H3,(H,20,21)/t23-/m0/s1. The lowest BCUT2D eigenvalue weighted by Gasteiger charge is -2.24. The monoisotopic (exact) mass is 358 g/mol. The Morgan fingerprint density at radius 1 is 1.22 bits per heavy atom. The second-order valence-corrected chi connectivity index (χ2v) is 6.40. The number of carboxylic acids is 1. The van der Waals surface area contributed by atoms with Crippen LogP contribution in [0.2, 0.25) is 0 Å². The molecule has 3 nitrogen and oxygen atoms in total. The van der Waals surface area contributed by atoms with Gasteiger partial charge in [0.2, 0.25) is 0 Å². The summed E-state index contributed by atoms with van der Waals surface area (Å²) >= 11 is 0. The summed E-state index contributed by atoms with van der Waals surface area (Å²) in [6.45, 7) is 2.82. The van der Waals surface area contributed by atoms with Crippen molar-refractivity contribution in [2.75, 3.05) is 5.75 Å². The molecule has 0 unspecified atom stereocenters. The van der Waals surface area contributed by atoms with E-state index in [4.69, 9.17) is 5.11 Å². The summed E-state index contributed by atoms with van der Waals surface area (Å²) in [4.78, 5) is 10.3. The van der Waals surface area contributed by atoms with Gasteiger partial charge in [-0.1, -0.05) is 19.4 Å². The third kappa shape index (κ3) is 3.88. The molecule has 0 heterocycles. The van der Waals surface area contributed by atoms with Crippen molar-refractivity contribution in [3.8, 4) is 0 Å². The highest BCUT2D eigenvalue weighted by Gasteiger charge is 2.60. The number of hydrogen-bond donors (Lipinski definition) is 1. The number of halogens is 5. The Labute approximate surface area is 132 Å². The molecular formula is C14H15F5O3S. The molecule has 0 radical (unpaired) electrons. The number of benzene rings is 1. The average molecular weight is 358 g/mol. The fourth-order valence-electron chi connectivity index (χ4n) is 1.99. The molecule has 1 aromatic carbocycles. The minimum absolute atomic E-state index is 0.124. The molecule has 1 atom stereocenters. The van der Waals surface area contributed by atoms with Gasteiger partial charge < -0.3 is 5.11 Å². The minimum Gasteiger partial charge on any atom is -0.478 e. The van der Waals surface area contributed by atoms with Crippen LogP contribution in [0.3, 0.4) is 0 Å². The van der Waals surface area contributed by atoms with E-state index >= 15 is 0 Å². The van der Waals surface area contributed by atoms with E-state index in [1.807, 2.05) is 0 Å². The van der Waals surface area contributed by atoms with Gasteiger partial charge in [-0.05, 0) is 25.0 Å². The molecule has 0 aliphatic heterocycles. The van der Waals surface area contributed by atoms with E-state index in [2.05, 4.69) is 0 Å². The molecule has 1 aromatic rings. The Bertz CT molecular complexity index is 626. The third-order valence-electron chi connectivity index (χ3n) is 3.24. The largest absolute Gasteiger partial charge is 0.478 e. The van der Waals surface area contributed by atoms with Crippen LogP contribution in [0, 0.1) is 6.92 Å². The zero-order valence-corrected chi connectivity index (χ0v) is 13.2. The Balaban J connectivity index is 3.62. The van der Waals surface area contributed by atoms with Crippen LogP contribution in [0.15, 0.2) is 17.0 Å². The predicted octanol–water partition coefficient (Wildman–Crippen LogP) is 4.26. The van der Waals surface area contributed by atoms with Gasteiger partial charge in [-0.2, -0.15) is 22.0 Å². The lowest BCUT2D eigenvalue weighted by atomic mass is 10.0. The Kier molecular flexibility index (Phi) is 5.89. The van der Waals surface area contributed by atoms with Crippen molar-refractivity contribution < 1.29 is 36.1 Å². The van der Waals surface area contributed by atoms with Gasteiger partial charge in [0, 0.05) is 11.3 Å². The molecule has 0 spiro atoms. The molecule has 0 saturated heterocycles. The smallest absolute Gasteiger partial charge is 0.458 e. The molecule has 1 rings (SSSR count). The summed E-state index contributed by atoms with van der Waals surface area (Å²) < 4.78 is 77.6. The zero-order valence-electron chi connectivity index (χ0n) is 12.3. The second kappa shape index (κ2) is 6.94. The molecule has 0 fully saturated rings. The first-order valence-electron chi connectivity index (χ1n) is 6.65. The van der Waals surface area contributed by atoms with Gasteiger partial charge in [-0.25, -0.2) is 4.79 Å². The maximum atomic E-state index is 13.7. The van der Waals surface area contributed by atoms with Crippen LogP contribution in [0.4, 0.5) is 22.0 Å². The number of carboxylic acid groups (broad SMARTS) is 1. The number of unbranched alkanes of at least 4 members (excludes halogenated alkanes) is 1. The van der Waals surface area contributed by atoms with Crippen molar-refractivity contribution in [3.63, 3.8) is 0 Å². The van der Waals surface area contributed by atoms with Crippen molar-refractivity contribution >= 4 is 16.8 Å². The molecule has 9 heteroatoms. The fraction of sp³-hybridized carbons (Fsp3) is 0.500. The van der Waals surface area contributed by atoms with Crippen molar-refractivity contribution in [2.45, 2.75) is 43.7 Å². The predicted molar refractivity (Wildman–Crippen MR) is 74.3 cm³/mol. The number of aromatic carboxylic acids is 1. The quantitative estimate of drug-likeness (QED) is 0.774. The summed E-state index contributed by atoms with van der Waals surface area (Å²) in [6, 6.07) is 1.07. The molecule has 0 aliphatic rings. The lowest BCUT2D eigenvalue weighted by molar-refractivity contribution is -0.290.